The van der Waals surface area contributed by atoms with Gasteiger partial charge in [-0.2, -0.15) is 0 Å². The molecule has 0 aromatic heterocycles. The van der Waals surface area contributed by atoms with E-state index in [9.17, 15) is 9.59 Å². The number of hydrogen-bond donors (Lipinski definition) is 1. The summed E-state index contributed by atoms with van der Waals surface area (Å²) in [6.45, 7) is 7.85. The van der Waals surface area contributed by atoms with E-state index in [-0.39, 0.29) is 25.0 Å². The van der Waals surface area contributed by atoms with Gasteiger partial charge in [0.05, 0.1) is 0 Å². The molecular weight excluding hydrogens is 411 g/mol. The molecule has 5 nitrogen and oxygen atoms in total. The number of halogens is 2. The number of nitrogens with one attached hydrogen (secondary N) is 1. The van der Waals surface area contributed by atoms with Crippen molar-refractivity contribution in [1.29, 1.82) is 0 Å². The average molecular weight is 437 g/mol. The Morgan fingerprint density at radius 1 is 1.14 bits per heavy atom. The predicted molar refractivity (Wildman–Crippen MR) is 117 cm³/mol. The third-order valence-corrected chi connectivity index (χ3v) is 5.36. The van der Waals surface area contributed by atoms with E-state index >= 15 is 0 Å². The minimum atomic E-state index is -0.654. The zero-order valence-electron chi connectivity index (χ0n) is 17.1. The van der Waals surface area contributed by atoms with E-state index in [1.807, 2.05) is 32.9 Å². The summed E-state index contributed by atoms with van der Waals surface area (Å²) in [5, 5.41) is 4.01. The monoisotopic (exact) mass is 436 g/mol. The van der Waals surface area contributed by atoms with Crippen LogP contribution in [0.3, 0.4) is 0 Å². The Hall–Kier alpha value is -2.24. The maximum atomic E-state index is 13.0. The van der Waals surface area contributed by atoms with Crippen molar-refractivity contribution in [1.82, 2.24) is 10.2 Å². The van der Waals surface area contributed by atoms with Gasteiger partial charge >= 0.3 is 0 Å². The molecule has 2 rings (SSSR count). The molecule has 0 aliphatic carbocycles. The first kappa shape index (κ1) is 23.0. The number of aryl methyl sites for hydroxylation is 2. The van der Waals surface area contributed by atoms with E-state index in [4.69, 9.17) is 27.9 Å². The van der Waals surface area contributed by atoms with Crippen LogP contribution >= 0.6 is 23.2 Å². The van der Waals surface area contributed by atoms with Gasteiger partial charge in [-0.3, -0.25) is 9.59 Å². The highest BCUT2D eigenvalue weighted by Gasteiger charge is 2.26. The van der Waals surface area contributed by atoms with Gasteiger partial charge < -0.3 is 15.0 Å². The minimum absolute atomic E-state index is 0.190. The molecule has 7 heteroatoms. The van der Waals surface area contributed by atoms with Crippen molar-refractivity contribution in [3.8, 4) is 5.75 Å². The summed E-state index contributed by atoms with van der Waals surface area (Å²) in [6.07, 6.45) is 0. The molecule has 2 amide bonds. The fraction of sp³-hybridized carbons (Fsp3) is 0.364. The van der Waals surface area contributed by atoms with Crippen LogP contribution in [0.5, 0.6) is 5.75 Å². The van der Waals surface area contributed by atoms with E-state index in [0.29, 0.717) is 22.3 Å². The molecule has 29 heavy (non-hydrogen) atoms. The fourth-order valence-electron chi connectivity index (χ4n) is 2.95. The number of likely N-dealkylation sites (N-methyl/N-ethyl adjacent to an activating group) is 1. The van der Waals surface area contributed by atoms with Crippen LogP contribution in [0, 0.1) is 13.8 Å². The van der Waals surface area contributed by atoms with Gasteiger partial charge in [-0.1, -0.05) is 35.3 Å². The van der Waals surface area contributed by atoms with Crippen molar-refractivity contribution in [2.24, 2.45) is 0 Å². The number of nitrogens with zero attached hydrogens (tertiary/aromatic N) is 1. The number of hydrogen-bond acceptors (Lipinski definition) is 3. The number of amides is 2. The van der Waals surface area contributed by atoms with Crippen molar-refractivity contribution in [3.05, 3.63) is 63.1 Å². The Labute approximate surface area is 181 Å². The van der Waals surface area contributed by atoms with Gasteiger partial charge in [0.1, 0.15) is 11.8 Å². The molecule has 1 N–H and O–H groups in total. The molecule has 0 bridgehead atoms. The lowest BCUT2D eigenvalue weighted by molar-refractivity contribution is -0.142. The summed E-state index contributed by atoms with van der Waals surface area (Å²) in [4.78, 5) is 26.8. The van der Waals surface area contributed by atoms with Gasteiger partial charge in [0.15, 0.2) is 6.61 Å². The lowest BCUT2D eigenvalue weighted by atomic mass is 10.1. The number of benzene rings is 2. The largest absolute Gasteiger partial charge is 0.484 e. The SMILES string of the molecule is CCNC(=O)[C@@H](C)N(Cc1cccc(Cl)c1)C(=O)COc1cc(C)c(Cl)c(C)c1. The summed E-state index contributed by atoms with van der Waals surface area (Å²) >= 11 is 12.3. The second-order valence-corrected chi connectivity index (χ2v) is 7.70. The van der Waals surface area contributed by atoms with E-state index in [0.717, 1.165) is 16.7 Å². The zero-order valence-corrected chi connectivity index (χ0v) is 18.6. The summed E-state index contributed by atoms with van der Waals surface area (Å²) in [6, 6.07) is 10.1. The smallest absolute Gasteiger partial charge is 0.261 e. The molecule has 0 saturated heterocycles. The average Bonchev–Trinajstić information content (AvgIpc) is 2.68. The van der Waals surface area contributed by atoms with Crippen molar-refractivity contribution in [2.75, 3.05) is 13.2 Å². The van der Waals surface area contributed by atoms with Crippen molar-refractivity contribution >= 4 is 35.0 Å². The van der Waals surface area contributed by atoms with E-state index < -0.39 is 6.04 Å². The van der Waals surface area contributed by atoms with Crippen LogP contribution < -0.4 is 10.1 Å². The molecule has 0 fully saturated rings. The van der Waals surface area contributed by atoms with E-state index in [1.54, 1.807) is 31.2 Å². The molecular formula is C22H26Cl2N2O3. The molecule has 0 spiro atoms. The molecule has 1 atom stereocenters. The summed E-state index contributed by atoms with van der Waals surface area (Å²) in [5.74, 6) is 0.0427. The van der Waals surface area contributed by atoms with Gasteiger partial charge in [-0.15, -0.1) is 0 Å². The van der Waals surface area contributed by atoms with E-state index in [2.05, 4.69) is 5.32 Å². The second kappa shape index (κ2) is 10.5. The third-order valence-electron chi connectivity index (χ3n) is 4.53. The molecule has 0 aliphatic rings. The van der Waals surface area contributed by atoms with Crippen molar-refractivity contribution in [3.63, 3.8) is 0 Å². The lowest BCUT2D eigenvalue weighted by Gasteiger charge is -2.28. The zero-order chi connectivity index (χ0) is 21.6. The Morgan fingerprint density at radius 2 is 1.79 bits per heavy atom. The second-order valence-electron chi connectivity index (χ2n) is 6.88. The minimum Gasteiger partial charge on any atom is -0.484 e. The van der Waals surface area contributed by atoms with Crippen molar-refractivity contribution in [2.45, 2.75) is 40.3 Å². The Kier molecular flexibility index (Phi) is 8.35. The van der Waals surface area contributed by atoms with Crippen LogP contribution in [-0.2, 0) is 16.1 Å². The molecule has 0 radical (unpaired) electrons. The van der Waals surface area contributed by atoms with Crippen LogP contribution in [0.2, 0.25) is 10.0 Å². The fourth-order valence-corrected chi connectivity index (χ4v) is 3.28. The van der Waals surface area contributed by atoms with E-state index in [1.165, 1.54) is 4.90 Å². The van der Waals surface area contributed by atoms with Crippen LogP contribution in [0.4, 0.5) is 0 Å². The van der Waals surface area contributed by atoms with Crippen LogP contribution in [-0.4, -0.2) is 35.9 Å². The quantitative estimate of drug-likeness (QED) is 0.660. The normalized spacial score (nSPS) is 11.7. The van der Waals surface area contributed by atoms with Gasteiger partial charge in [0.2, 0.25) is 5.91 Å². The number of carbonyl (C=O) groups excluding carboxylic acids is 2. The van der Waals surface area contributed by atoms with Gasteiger partial charge in [0, 0.05) is 23.1 Å². The highest BCUT2D eigenvalue weighted by Crippen LogP contribution is 2.26. The maximum absolute atomic E-state index is 13.0. The number of carbonyl (C=O) groups is 2. The molecule has 0 saturated carbocycles. The van der Waals surface area contributed by atoms with Crippen molar-refractivity contribution < 1.29 is 14.3 Å². The molecule has 0 heterocycles. The molecule has 0 unspecified atom stereocenters. The standard InChI is InChI=1S/C22H26Cl2N2O3/c1-5-25-22(28)16(4)26(12-17-7-6-8-18(23)11-17)20(27)13-29-19-9-14(2)21(24)15(3)10-19/h6-11,16H,5,12-13H2,1-4H3,(H,25,28)/t16-/m1/s1. The van der Waals surface area contributed by atoms with Crippen LogP contribution in [0.1, 0.15) is 30.5 Å². The Bertz CT molecular complexity index is 863. The predicted octanol–water partition coefficient (Wildman–Crippen LogP) is 4.54. The number of ether oxygens (including phenoxy) is 1. The first-order valence-electron chi connectivity index (χ1n) is 9.44. The van der Waals surface area contributed by atoms with Gasteiger partial charge in [0.25, 0.3) is 5.91 Å². The molecule has 2 aromatic carbocycles. The lowest BCUT2D eigenvalue weighted by Crippen LogP contribution is -2.49. The third kappa shape index (κ3) is 6.38. The molecule has 2 aromatic rings. The summed E-state index contributed by atoms with van der Waals surface area (Å²) < 4.78 is 5.71. The van der Waals surface area contributed by atoms with Gasteiger partial charge in [-0.25, -0.2) is 0 Å². The number of rotatable bonds is 8. The molecule has 156 valence electrons. The highest BCUT2D eigenvalue weighted by atomic mass is 35.5. The first-order valence-corrected chi connectivity index (χ1v) is 10.2. The first-order chi connectivity index (χ1) is 13.7. The summed E-state index contributed by atoms with van der Waals surface area (Å²) in [7, 11) is 0. The topological polar surface area (TPSA) is 58.6 Å². The summed E-state index contributed by atoms with van der Waals surface area (Å²) in [5.41, 5.74) is 2.58. The Morgan fingerprint density at radius 3 is 2.38 bits per heavy atom. The van der Waals surface area contributed by atoms with Gasteiger partial charge in [-0.05, 0) is 68.7 Å². The van der Waals surface area contributed by atoms with Crippen LogP contribution in [0.15, 0.2) is 36.4 Å². The maximum Gasteiger partial charge on any atom is 0.261 e. The van der Waals surface area contributed by atoms with Crippen LogP contribution in [0.25, 0.3) is 0 Å². The molecule has 0 aliphatic heterocycles. The Balaban J connectivity index is 2.18. The highest BCUT2D eigenvalue weighted by molar-refractivity contribution is 6.32.